The molecule has 5 nitrogen and oxygen atoms in total. The van der Waals surface area contributed by atoms with E-state index in [1.807, 2.05) is 12.1 Å². The molecule has 124 valence electrons. The molecule has 24 heavy (non-hydrogen) atoms. The Labute approximate surface area is 140 Å². The Morgan fingerprint density at radius 2 is 1.21 bits per heavy atom. The number of aryl methyl sites for hydroxylation is 1. The van der Waals surface area contributed by atoms with Gasteiger partial charge in [0.15, 0.2) is 0 Å². The van der Waals surface area contributed by atoms with E-state index in [4.69, 9.17) is 0 Å². The molecule has 7 heteroatoms. The molecule has 0 saturated carbocycles. The summed E-state index contributed by atoms with van der Waals surface area (Å²) in [4.78, 5) is -0.422. The minimum atomic E-state index is -4.46. The monoisotopic (exact) mass is 362 g/mol. The van der Waals surface area contributed by atoms with E-state index in [9.17, 15) is 16.8 Å². The summed E-state index contributed by atoms with van der Waals surface area (Å²) in [5, 5.41) is 1.52. The van der Waals surface area contributed by atoms with Gasteiger partial charge in [-0.2, -0.15) is 16.8 Å². The molecule has 0 aliphatic heterocycles. The zero-order valence-corrected chi connectivity index (χ0v) is 14.3. The molecule has 0 saturated heterocycles. The van der Waals surface area contributed by atoms with Gasteiger partial charge < -0.3 is 0 Å². The van der Waals surface area contributed by atoms with Crippen molar-refractivity contribution in [2.45, 2.75) is 16.7 Å². The predicted octanol–water partition coefficient (Wildman–Crippen LogP) is 3.24. The molecule has 0 amide bonds. The molecule has 3 rings (SSSR count). The highest BCUT2D eigenvalue weighted by Crippen LogP contribution is 2.24. The van der Waals surface area contributed by atoms with Crippen LogP contribution in [-0.4, -0.2) is 16.8 Å². The molecule has 0 aliphatic carbocycles. The quantitative estimate of drug-likeness (QED) is 0.712. The molecular formula is C17H14O5S2. The largest absolute Gasteiger partial charge is 0.311 e. The van der Waals surface area contributed by atoms with Crippen molar-refractivity contribution in [2.24, 2.45) is 0 Å². The minimum Gasteiger partial charge on any atom is -0.193 e. The Hall–Kier alpha value is -2.22. The van der Waals surface area contributed by atoms with Crippen molar-refractivity contribution in [3.63, 3.8) is 0 Å². The van der Waals surface area contributed by atoms with Gasteiger partial charge >= 0.3 is 20.2 Å². The molecule has 0 fully saturated rings. The van der Waals surface area contributed by atoms with Gasteiger partial charge in [-0.1, -0.05) is 48.0 Å². The summed E-state index contributed by atoms with van der Waals surface area (Å²) in [5.41, 5.74) is 0.853. The summed E-state index contributed by atoms with van der Waals surface area (Å²) in [5.74, 6) is 0. The van der Waals surface area contributed by atoms with E-state index in [0.717, 1.165) is 10.9 Å². The van der Waals surface area contributed by atoms with Gasteiger partial charge in [-0.3, -0.25) is 0 Å². The second kappa shape index (κ2) is 6.01. The average Bonchev–Trinajstić information content (AvgIpc) is 2.54. The summed E-state index contributed by atoms with van der Waals surface area (Å²) in [6.45, 7) is 1.79. The van der Waals surface area contributed by atoms with E-state index in [2.05, 4.69) is 3.63 Å². The first-order valence-electron chi connectivity index (χ1n) is 7.04. The smallest absolute Gasteiger partial charge is 0.193 e. The Bertz CT molecular complexity index is 1100. The van der Waals surface area contributed by atoms with Crippen LogP contribution in [-0.2, 0) is 23.9 Å². The lowest BCUT2D eigenvalue weighted by Crippen LogP contribution is -2.14. The molecule has 0 unspecified atom stereocenters. The summed E-state index contributed by atoms with van der Waals surface area (Å²) >= 11 is 0. The summed E-state index contributed by atoms with van der Waals surface area (Å²) in [6.07, 6.45) is 0. The number of hydrogen-bond donors (Lipinski definition) is 0. The number of rotatable bonds is 4. The van der Waals surface area contributed by atoms with E-state index in [1.54, 1.807) is 37.3 Å². The summed E-state index contributed by atoms with van der Waals surface area (Å²) in [6, 6.07) is 17.2. The number of hydrogen-bond acceptors (Lipinski definition) is 5. The van der Waals surface area contributed by atoms with E-state index < -0.39 is 20.2 Å². The van der Waals surface area contributed by atoms with Crippen LogP contribution in [0.4, 0.5) is 0 Å². The number of fused-ring (bicyclic) bond motifs is 1. The first-order valence-corrected chi connectivity index (χ1v) is 9.86. The molecule has 0 aromatic heterocycles. The lowest BCUT2D eigenvalue weighted by molar-refractivity contribution is 0.462. The Balaban J connectivity index is 1.99. The van der Waals surface area contributed by atoms with Gasteiger partial charge in [-0.05, 0) is 42.0 Å². The normalized spacial score (nSPS) is 12.4. The summed E-state index contributed by atoms with van der Waals surface area (Å²) in [7, 11) is -8.88. The van der Waals surface area contributed by atoms with Crippen LogP contribution in [0, 0.1) is 6.92 Å². The maximum Gasteiger partial charge on any atom is 0.311 e. The highest BCUT2D eigenvalue weighted by molar-refractivity contribution is 7.99. The topological polar surface area (TPSA) is 77.5 Å². The van der Waals surface area contributed by atoms with Gasteiger partial charge in [0.2, 0.25) is 0 Å². The predicted molar refractivity (Wildman–Crippen MR) is 90.6 cm³/mol. The SMILES string of the molecule is Cc1ccc(S(=O)(=O)OS(=O)(=O)c2ccc3ccccc3c2)cc1. The molecular weight excluding hydrogens is 348 g/mol. The fraction of sp³-hybridized carbons (Fsp3) is 0.0588. The van der Waals surface area contributed by atoms with E-state index in [0.29, 0.717) is 5.39 Å². The highest BCUT2D eigenvalue weighted by Gasteiger charge is 2.26. The van der Waals surface area contributed by atoms with Crippen molar-refractivity contribution in [3.05, 3.63) is 72.3 Å². The third-order valence-electron chi connectivity index (χ3n) is 3.50. The zero-order valence-electron chi connectivity index (χ0n) is 12.7. The van der Waals surface area contributed by atoms with Gasteiger partial charge in [0.25, 0.3) is 0 Å². The van der Waals surface area contributed by atoms with E-state index in [1.165, 1.54) is 24.3 Å². The van der Waals surface area contributed by atoms with Crippen molar-refractivity contribution in [1.29, 1.82) is 0 Å². The molecule has 0 heterocycles. The molecule has 0 spiro atoms. The molecule has 0 radical (unpaired) electrons. The van der Waals surface area contributed by atoms with Crippen LogP contribution in [0.25, 0.3) is 10.8 Å². The molecule has 3 aromatic rings. The molecule has 0 bridgehead atoms. The van der Waals surface area contributed by atoms with Crippen LogP contribution < -0.4 is 0 Å². The van der Waals surface area contributed by atoms with Gasteiger partial charge in [0.1, 0.15) is 0 Å². The fourth-order valence-electron chi connectivity index (χ4n) is 2.22. The average molecular weight is 362 g/mol. The van der Waals surface area contributed by atoms with E-state index >= 15 is 0 Å². The van der Waals surface area contributed by atoms with E-state index in [-0.39, 0.29) is 9.79 Å². The van der Waals surface area contributed by atoms with Gasteiger partial charge in [0.05, 0.1) is 9.79 Å². The minimum absolute atomic E-state index is 0.211. The number of benzene rings is 3. The van der Waals surface area contributed by atoms with Crippen LogP contribution >= 0.6 is 0 Å². The second-order valence-corrected chi connectivity index (χ2v) is 8.60. The van der Waals surface area contributed by atoms with Crippen LogP contribution in [0.5, 0.6) is 0 Å². The maximum absolute atomic E-state index is 12.3. The first-order chi connectivity index (χ1) is 11.3. The van der Waals surface area contributed by atoms with Crippen LogP contribution in [0.3, 0.4) is 0 Å². The fourth-order valence-corrected chi connectivity index (χ4v) is 4.77. The molecule has 3 aromatic carbocycles. The van der Waals surface area contributed by atoms with Crippen molar-refractivity contribution in [2.75, 3.05) is 0 Å². The lowest BCUT2D eigenvalue weighted by atomic mass is 10.1. The molecule has 0 N–H and O–H groups in total. The Kier molecular flexibility index (Phi) is 4.16. The van der Waals surface area contributed by atoms with Gasteiger partial charge in [-0.15, -0.1) is 3.63 Å². The lowest BCUT2D eigenvalue weighted by Gasteiger charge is -2.07. The first kappa shape index (κ1) is 16.6. The highest BCUT2D eigenvalue weighted by atomic mass is 32.3. The van der Waals surface area contributed by atoms with Gasteiger partial charge in [-0.25, -0.2) is 0 Å². The van der Waals surface area contributed by atoms with Crippen LogP contribution in [0.1, 0.15) is 5.56 Å². The van der Waals surface area contributed by atoms with Crippen molar-refractivity contribution in [1.82, 2.24) is 0 Å². The third-order valence-corrected chi connectivity index (χ3v) is 6.61. The Morgan fingerprint density at radius 3 is 1.88 bits per heavy atom. The van der Waals surface area contributed by atoms with Crippen LogP contribution in [0.15, 0.2) is 76.5 Å². The van der Waals surface area contributed by atoms with Crippen molar-refractivity contribution >= 4 is 31.0 Å². The molecule has 0 aliphatic rings. The second-order valence-electron chi connectivity index (χ2n) is 5.30. The van der Waals surface area contributed by atoms with Crippen molar-refractivity contribution in [3.8, 4) is 0 Å². The Morgan fingerprint density at radius 1 is 0.667 bits per heavy atom. The zero-order chi connectivity index (χ0) is 17.4. The van der Waals surface area contributed by atoms with Crippen molar-refractivity contribution < 1.29 is 20.5 Å². The third kappa shape index (κ3) is 3.33. The molecule has 0 atom stereocenters. The maximum atomic E-state index is 12.3. The van der Waals surface area contributed by atoms with Gasteiger partial charge in [0, 0.05) is 0 Å². The van der Waals surface area contributed by atoms with Crippen LogP contribution in [0.2, 0.25) is 0 Å². The summed E-state index contributed by atoms with van der Waals surface area (Å²) < 4.78 is 53.6. The standard InChI is InChI=1S/C17H14O5S2/c1-13-6-9-16(10-7-13)23(18,19)22-24(20,21)17-11-8-14-4-2-3-5-15(14)12-17/h2-12H,1H3.